The van der Waals surface area contributed by atoms with Crippen LogP contribution in [0, 0.1) is 0 Å². The lowest BCUT2D eigenvalue weighted by molar-refractivity contribution is -0.201. The zero-order chi connectivity index (χ0) is 17.5. The van der Waals surface area contributed by atoms with Crippen LogP contribution in [0.5, 0.6) is 0 Å². The van der Waals surface area contributed by atoms with E-state index >= 15 is 0 Å². The predicted octanol–water partition coefficient (Wildman–Crippen LogP) is 2.64. The van der Waals surface area contributed by atoms with Gasteiger partial charge < -0.3 is 18.5 Å². The van der Waals surface area contributed by atoms with Gasteiger partial charge in [0.1, 0.15) is 0 Å². The molecular formula is C15H30NO6P. The Morgan fingerprint density at radius 2 is 1.57 bits per heavy atom. The minimum atomic E-state index is -3.66. The van der Waals surface area contributed by atoms with Gasteiger partial charge in [-0.25, -0.2) is 0 Å². The van der Waals surface area contributed by atoms with Crippen LogP contribution < -0.4 is 0 Å². The molecule has 1 unspecified atom stereocenters. The lowest BCUT2D eigenvalue weighted by atomic mass is 10.1. The number of hydrogen-bond donors (Lipinski definition) is 0. The summed E-state index contributed by atoms with van der Waals surface area (Å²) in [5, 5.41) is 0. The molecule has 1 saturated heterocycles. The molecule has 1 heterocycles. The van der Waals surface area contributed by atoms with E-state index in [4.69, 9.17) is 18.5 Å². The van der Waals surface area contributed by atoms with Gasteiger partial charge in [0.2, 0.25) is 11.6 Å². The molecule has 0 aromatic heterocycles. The van der Waals surface area contributed by atoms with Crippen LogP contribution in [0.25, 0.3) is 0 Å². The van der Waals surface area contributed by atoms with E-state index in [2.05, 4.69) is 0 Å². The number of rotatable bonds is 10. The molecule has 136 valence electrons. The maximum atomic E-state index is 13.3. The van der Waals surface area contributed by atoms with E-state index in [-0.39, 0.29) is 13.2 Å². The third kappa shape index (κ3) is 4.84. The predicted molar refractivity (Wildman–Crippen MR) is 87.5 cm³/mol. The molecule has 0 N–H and O–H groups in total. The Morgan fingerprint density at radius 1 is 1.09 bits per heavy atom. The van der Waals surface area contributed by atoms with Crippen LogP contribution in [0.4, 0.5) is 0 Å². The van der Waals surface area contributed by atoms with Gasteiger partial charge in [-0.3, -0.25) is 14.3 Å². The Hall–Kier alpha value is -0.300. The van der Waals surface area contributed by atoms with Crippen molar-refractivity contribution < 1.29 is 27.9 Å². The number of methoxy groups -OCH3 is 2. The van der Waals surface area contributed by atoms with Gasteiger partial charge in [-0.1, -0.05) is 6.42 Å². The first-order valence-electron chi connectivity index (χ1n) is 8.16. The lowest BCUT2D eigenvalue weighted by Gasteiger charge is -2.39. The quantitative estimate of drug-likeness (QED) is 0.442. The van der Waals surface area contributed by atoms with Gasteiger partial charge in [0.05, 0.1) is 13.2 Å². The van der Waals surface area contributed by atoms with Crippen LogP contribution >= 0.6 is 7.60 Å². The number of carbonyl (C=O) groups is 1. The molecule has 0 aliphatic carbocycles. The highest BCUT2D eigenvalue weighted by Crippen LogP contribution is 2.55. The first kappa shape index (κ1) is 20.7. The van der Waals surface area contributed by atoms with Crippen LogP contribution in [0.15, 0.2) is 0 Å². The van der Waals surface area contributed by atoms with Crippen LogP contribution in [-0.4, -0.2) is 62.8 Å². The summed E-state index contributed by atoms with van der Waals surface area (Å²) >= 11 is 0. The first-order chi connectivity index (χ1) is 10.9. The second-order valence-corrected chi connectivity index (χ2v) is 7.65. The fraction of sp³-hybridized carbons (Fsp3) is 0.933. The monoisotopic (exact) mass is 351 g/mol. The summed E-state index contributed by atoms with van der Waals surface area (Å²) in [4.78, 5) is 15.0. The number of likely N-dealkylation sites (tertiary alicyclic amines) is 1. The Balaban J connectivity index is 3.24. The zero-order valence-corrected chi connectivity index (χ0v) is 15.8. The molecule has 1 atom stereocenters. The number of ether oxygens (including phenoxy) is 2. The SMILES string of the molecule is CCOP(=O)(OCC)C(C(=O)C(C)(OC)OC)N1CCCCC1. The molecule has 1 rings (SSSR count). The minimum Gasteiger partial charge on any atom is -0.347 e. The van der Waals surface area contributed by atoms with E-state index in [1.165, 1.54) is 21.1 Å². The second kappa shape index (κ2) is 9.25. The van der Waals surface area contributed by atoms with E-state index < -0.39 is 24.9 Å². The van der Waals surface area contributed by atoms with Crippen molar-refractivity contribution in [2.45, 2.75) is 51.6 Å². The van der Waals surface area contributed by atoms with E-state index in [0.29, 0.717) is 13.1 Å². The number of piperidine rings is 1. The summed E-state index contributed by atoms with van der Waals surface area (Å²) in [6, 6.07) is 0. The first-order valence-corrected chi connectivity index (χ1v) is 9.77. The average Bonchev–Trinajstić information content (AvgIpc) is 2.55. The third-order valence-electron chi connectivity index (χ3n) is 4.12. The molecule has 0 saturated carbocycles. The van der Waals surface area contributed by atoms with E-state index in [0.717, 1.165) is 19.3 Å². The molecular weight excluding hydrogens is 321 g/mol. The summed E-state index contributed by atoms with van der Waals surface area (Å²) in [6.07, 6.45) is 2.98. The summed E-state index contributed by atoms with van der Waals surface area (Å²) in [5.74, 6) is -2.95. The number of carbonyl (C=O) groups excluding carboxylic acids is 1. The molecule has 1 aliphatic heterocycles. The highest BCUT2D eigenvalue weighted by atomic mass is 31.2. The third-order valence-corrected chi connectivity index (χ3v) is 6.51. The standard InChI is InChI=1S/C15H30NO6P/c1-6-21-23(18,22-7-2)14(16-11-9-8-10-12-16)13(17)15(3,19-4)20-5/h14H,6-12H2,1-5H3. The Labute approximate surface area is 139 Å². The molecule has 1 aliphatic rings. The minimum absolute atomic E-state index is 0.200. The summed E-state index contributed by atoms with van der Waals surface area (Å²) in [7, 11) is -0.881. The van der Waals surface area contributed by atoms with Gasteiger partial charge in [0.25, 0.3) is 0 Å². The summed E-state index contributed by atoms with van der Waals surface area (Å²) in [5.41, 5.74) is 0. The maximum Gasteiger partial charge on any atom is 0.355 e. The van der Waals surface area contributed by atoms with Crippen molar-refractivity contribution in [2.24, 2.45) is 0 Å². The summed E-state index contributed by atoms with van der Waals surface area (Å²) in [6.45, 7) is 6.73. The van der Waals surface area contributed by atoms with Crippen LogP contribution in [0.3, 0.4) is 0 Å². The molecule has 0 aromatic rings. The fourth-order valence-corrected chi connectivity index (χ4v) is 4.96. The topological polar surface area (TPSA) is 74.3 Å². The molecule has 1 fully saturated rings. The molecule has 0 radical (unpaired) electrons. The molecule has 0 aromatic carbocycles. The largest absolute Gasteiger partial charge is 0.355 e. The van der Waals surface area contributed by atoms with Crippen molar-refractivity contribution in [3.05, 3.63) is 0 Å². The fourth-order valence-electron chi connectivity index (χ4n) is 2.73. The smallest absolute Gasteiger partial charge is 0.347 e. The van der Waals surface area contributed by atoms with Gasteiger partial charge >= 0.3 is 7.60 Å². The van der Waals surface area contributed by atoms with E-state index in [9.17, 15) is 9.36 Å². The number of hydrogen-bond acceptors (Lipinski definition) is 7. The van der Waals surface area contributed by atoms with Crippen molar-refractivity contribution in [3.8, 4) is 0 Å². The maximum absolute atomic E-state index is 13.3. The van der Waals surface area contributed by atoms with Crippen molar-refractivity contribution in [1.29, 1.82) is 0 Å². The highest BCUT2D eigenvalue weighted by molar-refractivity contribution is 7.55. The van der Waals surface area contributed by atoms with Gasteiger partial charge in [-0.05, 0) is 46.7 Å². The molecule has 0 amide bonds. The van der Waals surface area contributed by atoms with E-state index in [1.807, 2.05) is 4.90 Å². The highest BCUT2D eigenvalue weighted by Gasteiger charge is 2.52. The van der Waals surface area contributed by atoms with E-state index in [1.54, 1.807) is 13.8 Å². The Bertz CT molecular complexity index is 410. The van der Waals surface area contributed by atoms with Gasteiger partial charge in [-0.15, -0.1) is 0 Å². The van der Waals surface area contributed by atoms with Crippen LogP contribution in [-0.2, 0) is 27.9 Å². The average molecular weight is 351 g/mol. The Kier molecular flexibility index (Phi) is 8.35. The van der Waals surface area contributed by atoms with Crippen molar-refractivity contribution in [2.75, 3.05) is 40.5 Å². The van der Waals surface area contributed by atoms with Crippen LogP contribution in [0.1, 0.15) is 40.0 Å². The summed E-state index contributed by atoms with van der Waals surface area (Å²) < 4.78 is 34.7. The molecule has 7 nitrogen and oxygen atoms in total. The second-order valence-electron chi connectivity index (χ2n) is 5.56. The van der Waals surface area contributed by atoms with Crippen molar-refractivity contribution in [3.63, 3.8) is 0 Å². The molecule has 23 heavy (non-hydrogen) atoms. The molecule has 0 bridgehead atoms. The van der Waals surface area contributed by atoms with Gasteiger partial charge in [0.15, 0.2) is 5.78 Å². The normalized spacial score (nSPS) is 18.8. The van der Waals surface area contributed by atoms with Gasteiger partial charge in [-0.2, -0.15) is 0 Å². The van der Waals surface area contributed by atoms with Crippen molar-refractivity contribution in [1.82, 2.24) is 4.90 Å². The van der Waals surface area contributed by atoms with Crippen molar-refractivity contribution >= 4 is 13.4 Å². The molecule has 0 spiro atoms. The Morgan fingerprint density at radius 3 is 1.96 bits per heavy atom. The van der Waals surface area contributed by atoms with Gasteiger partial charge in [0, 0.05) is 14.2 Å². The number of ketones is 1. The lowest BCUT2D eigenvalue weighted by Crippen LogP contribution is -2.54. The number of Topliss-reactive ketones (excluding diaryl/α,β-unsaturated/α-hetero) is 1. The molecule has 8 heteroatoms. The zero-order valence-electron chi connectivity index (χ0n) is 14.9. The van der Waals surface area contributed by atoms with Crippen LogP contribution in [0.2, 0.25) is 0 Å². The number of nitrogens with zero attached hydrogens (tertiary/aromatic N) is 1.